The third-order valence-corrected chi connectivity index (χ3v) is 1.60. The van der Waals surface area contributed by atoms with E-state index in [1.54, 1.807) is 6.21 Å². The van der Waals surface area contributed by atoms with Gasteiger partial charge in [-0.05, 0) is 6.92 Å². The van der Waals surface area contributed by atoms with Gasteiger partial charge in [0, 0.05) is 18.0 Å². The van der Waals surface area contributed by atoms with Crippen LogP contribution in [0.4, 0.5) is 0 Å². The fourth-order valence-electron chi connectivity index (χ4n) is 0.557. The minimum atomic E-state index is 0.611. The minimum absolute atomic E-state index is 0.611. The highest BCUT2D eigenvalue weighted by atomic mass is 32.1. The number of nitrogens with zero attached hydrogens (tertiary/aromatic N) is 2. The molecule has 59 valence electrons. The molecule has 0 aliphatic heterocycles. The van der Waals surface area contributed by atoms with Crippen LogP contribution in [0, 0.1) is 5.51 Å². The molecule has 1 rings (SSSR count). The van der Waals surface area contributed by atoms with Crippen LogP contribution in [0.1, 0.15) is 12.6 Å². The first-order chi connectivity index (χ1) is 5.43. The highest BCUT2D eigenvalue weighted by molar-refractivity contribution is 7.07. The molecule has 0 fully saturated rings. The molecule has 0 aliphatic rings. The van der Waals surface area contributed by atoms with Crippen molar-refractivity contribution < 1.29 is 4.84 Å². The van der Waals surface area contributed by atoms with Crippen molar-refractivity contribution in [2.24, 2.45) is 5.16 Å². The predicted molar refractivity (Wildman–Crippen MR) is 44.8 cm³/mol. The molecule has 0 spiro atoms. The third kappa shape index (κ3) is 3.13. The van der Waals surface area contributed by atoms with Crippen molar-refractivity contribution in [3.63, 3.8) is 0 Å². The second-order valence-electron chi connectivity index (χ2n) is 1.84. The first-order valence-corrected chi connectivity index (χ1v) is 4.25. The van der Waals surface area contributed by atoms with Gasteiger partial charge in [-0.25, -0.2) is 4.98 Å². The number of aromatic nitrogens is 1. The van der Waals surface area contributed by atoms with Crippen LogP contribution < -0.4 is 0 Å². The first kappa shape index (κ1) is 8.20. The van der Waals surface area contributed by atoms with E-state index < -0.39 is 0 Å². The van der Waals surface area contributed by atoms with Gasteiger partial charge in [0.1, 0.15) is 6.61 Å². The highest BCUT2D eigenvalue weighted by Gasteiger charge is 1.89. The van der Waals surface area contributed by atoms with Crippen molar-refractivity contribution in [2.45, 2.75) is 13.3 Å². The summed E-state index contributed by atoms with van der Waals surface area (Å²) in [5, 5.41) is 5.63. The van der Waals surface area contributed by atoms with Gasteiger partial charge in [0.15, 0.2) is 5.51 Å². The largest absolute Gasteiger partial charge is 0.396 e. The maximum Gasteiger partial charge on any atom is 0.152 e. The summed E-state index contributed by atoms with van der Waals surface area (Å²) in [6.07, 6.45) is 2.42. The summed E-state index contributed by atoms with van der Waals surface area (Å²) in [6, 6.07) is 0. The lowest BCUT2D eigenvalue weighted by Crippen LogP contribution is -1.87. The quantitative estimate of drug-likeness (QED) is 0.505. The molecular formula is C7H9N2OS. The van der Waals surface area contributed by atoms with Gasteiger partial charge in [0.2, 0.25) is 0 Å². The SMILES string of the molecule is CCON=CCc1cs[c]n1. The Bertz CT molecular complexity index is 208. The monoisotopic (exact) mass is 169 g/mol. The number of hydrogen-bond acceptors (Lipinski definition) is 4. The van der Waals surface area contributed by atoms with Crippen LogP contribution >= 0.6 is 11.3 Å². The molecule has 0 atom stereocenters. The number of thiazole rings is 1. The van der Waals surface area contributed by atoms with E-state index >= 15 is 0 Å². The van der Waals surface area contributed by atoms with E-state index in [0.29, 0.717) is 6.61 Å². The fraction of sp³-hybridized carbons (Fsp3) is 0.429. The van der Waals surface area contributed by atoms with Gasteiger partial charge in [0.25, 0.3) is 0 Å². The van der Waals surface area contributed by atoms with Crippen LogP contribution in [0.2, 0.25) is 0 Å². The number of rotatable bonds is 4. The zero-order valence-electron chi connectivity index (χ0n) is 6.28. The summed E-state index contributed by atoms with van der Waals surface area (Å²) in [5.74, 6) is 0. The zero-order chi connectivity index (χ0) is 7.94. The number of oxime groups is 1. The first-order valence-electron chi connectivity index (χ1n) is 3.37. The van der Waals surface area contributed by atoms with E-state index in [9.17, 15) is 0 Å². The van der Waals surface area contributed by atoms with Crippen LogP contribution in [-0.4, -0.2) is 17.8 Å². The van der Waals surface area contributed by atoms with Gasteiger partial charge in [-0.1, -0.05) is 5.16 Å². The molecule has 3 nitrogen and oxygen atoms in total. The van der Waals surface area contributed by atoms with Crippen molar-refractivity contribution in [3.05, 3.63) is 16.6 Å². The van der Waals surface area contributed by atoms with Gasteiger partial charge in [-0.3, -0.25) is 0 Å². The molecule has 0 bridgehead atoms. The van der Waals surface area contributed by atoms with Gasteiger partial charge in [0.05, 0.1) is 5.69 Å². The summed E-state index contributed by atoms with van der Waals surface area (Å²) < 4.78 is 0. The highest BCUT2D eigenvalue weighted by Crippen LogP contribution is 1.98. The van der Waals surface area contributed by atoms with Crippen molar-refractivity contribution in [1.82, 2.24) is 4.98 Å². The molecule has 0 saturated carbocycles. The Labute approximate surface area is 69.7 Å². The molecule has 0 unspecified atom stereocenters. The molecule has 0 saturated heterocycles. The average molecular weight is 169 g/mol. The second kappa shape index (κ2) is 4.85. The normalized spacial score (nSPS) is 10.6. The Morgan fingerprint density at radius 1 is 1.91 bits per heavy atom. The topological polar surface area (TPSA) is 34.5 Å². The van der Waals surface area contributed by atoms with Crippen molar-refractivity contribution in [2.75, 3.05) is 6.61 Å². The molecule has 0 N–H and O–H groups in total. The molecule has 1 heterocycles. The standard InChI is InChI=1S/C7H9N2OS/c1-2-10-9-4-3-7-5-11-6-8-7/h4-5H,2-3H2,1H3. The van der Waals surface area contributed by atoms with Crippen molar-refractivity contribution in [3.8, 4) is 0 Å². The van der Waals surface area contributed by atoms with Crippen LogP contribution in [0.5, 0.6) is 0 Å². The Morgan fingerprint density at radius 2 is 2.82 bits per heavy atom. The lowest BCUT2D eigenvalue weighted by Gasteiger charge is -1.89. The van der Waals surface area contributed by atoms with Gasteiger partial charge in [-0.2, -0.15) is 0 Å². The van der Waals surface area contributed by atoms with Crippen LogP contribution in [0.25, 0.3) is 0 Å². The van der Waals surface area contributed by atoms with Gasteiger partial charge >= 0.3 is 0 Å². The predicted octanol–water partition coefficient (Wildman–Crippen LogP) is 1.51. The molecule has 1 radical (unpaired) electrons. The maximum atomic E-state index is 4.77. The molecule has 4 heteroatoms. The van der Waals surface area contributed by atoms with E-state index in [0.717, 1.165) is 12.1 Å². The van der Waals surface area contributed by atoms with Crippen LogP contribution in [0.3, 0.4) is 0 Å². The number of hydrogen-bond donors (Lipinski definition) is 0. The molecule has 11 heavy (non-hydrogen) atoms. The average Bonchev–Trinajstić information content (AvgIpc) is 2.50. The smallest absolute Gasteiger partial charge is 0.152 e. The maximum absolute atomic E-state index is 4.77. The summed E-state index contributed by atoms with van der Waals surface area (Å²) in [5.41, 5.74) is 3.74. The van der Waals surface area contributed by atoms with E-state index in [1.807, 2.05) is 12.3 Å². The summed E-state index contributed by atoms with van der Waals surface area (Å²) >= 11 is 1.46. The Morgan fingerprint density at radius 3 is 3.45 bits per heavy atom. The molecule has 0 aromatic carbocycles. The van der Waals surface area contributed by atoms with Crippen LogP contribution in [0.15, 0.2) is 10.5 Å². The third-order valence-electron chi connectivity index (χ3n) is 1.02. The fourth-order valence-corrected chi connectivity index (χ4v) is 1.07. The van der Waals surface area contributed by atoms with Gasteiger partial charge < -0.3 is 4.84 Å². The second-order valence-corrected chi connectivity index (χ2v) is 2.49. The molecular weight excluding hydrogens is 160 g/mol. The zero-order valence-corrected chi connectivity index (χ0v) is 7.10. The Balaban J connectivity index is 2.23. The summed E-state index contributed by atoms with van der Waals surface area (Å²) in [7, 11) is 0. The van der Waals surface area contributed by atoms with E-state index in [-0.39, 0.29) is 0 Å². The molecule has 1 aromatic rings. The van der Waals surface area contributed by atoms with Crippen LogP contribution in [-0.2, 0) is 11.3 Å². The van der Waals surface area contributed by atoms with E-state index in [4.69, 9.17) is 4.84 Å². The summed E-state index contributed by atoms with van der Waals surface area (Å²) in [6.45, 7) is 2.51. The van der Waals surface area contributed by atoms with Gasteiger partial charge in [-0.15, -0.1) is 11.3 Å². The van der Waals surface area contributed by atoms with E-state index in [1.165, 1.54) is 11.3 Å². The molecule has 0 aliphatic carbocycles. The van der Waals surface area contributed by atoms with Crippen molar-refractivity contribution >= 4 is 17.6 Å². The lowest BCUT2D eigenvalue weighted by molar-refractivity contribution is 0.160. The van der Waals surface area contributed by atoms with Crippen molar-refractivity contribution in [1.29, 1.82) is 0 Å². The molecule has 0 amide bonds. The molecule has 1 aromatic heterocycles. The Hall–Kier alpha value is -0.900. The van der Waals surface area contributed by atoms with E-state index in [2.05, 4.69) is 15.7 Å². The summed E-state index contributed by atoms with van der Waals surface area (Å²) in [4.78, 5) is 8.73. The lowest BCUT2D eigenvalue weighted by atomic mass is 10.4. The minimum Gasteiger partial charge on any atom is -0.396 e. The Kier molecular flexibility index (Phi) is 3.61.